The molecule has 1 nitrogen and oxygen atoms in total. The van der Waals surface area contributed by atoms with Gasteiger partial charge in [0.05, 0.1) is 0 Å². The predicted octanol–water partition coefficient (Wildman–Crippen LogP) is 5.29. The Morgan fingerprint density at radius 3 is 2.48 bits per heavy atom. The fraction of sp³-hybridized carbons (Fsp3) is 0.211. The molecule has 0 aliphatic heterocycles. The highest BCUT2D eigenvalue weighted by molar-refractivity contribution is 9.10. The zero-order chi connectivity index (χ0) is 14.8. The fourth-order valence-electron chi connectivity index (χ4n) is 3.07. The Hall–Kier alpha value is -1.67. The van der Waals surface area contributed by atoms with Crippen molar-refractivity contribution in [1.29, 1.82) is 0 Å². The van der Waals surface area contributed by atoms with Gasteiger partial charge in [0, 0.05) is 10.9 Å². The molecule has 0 N–H and O–H groups in total. The number of carbonyl (C=O) groups excluding carboxylic acids is 1. The van der Waals surface area contributed by atoms with Gasteiger partial charge in [0.25, 0.3) is 0 Å². The summed E-state index contributed by atoms with van der Waals surface area (Å²) in [6.07, 6.45) is 3.34. The summed E-state index contributed by atoms with van der Waals surface area (Å²) in [7, 11) is 0. The SMILES string of the molecule is Cc1ccccc1C1CC(=O)C=C(c2ccccc2Br)C1. The zero-order valence-corrected chi connectivity index (χ0v) is 13.6. The standard InChI is InChI=1S/C19H17BrO/c1-13-6-2-3-7-17(13)14-10-15(12-16(21)11-14)18-8-4-5-9-19(18)20/h2-9,12,14H,10-11H2,1H3. The third-order valence-electron chi connectivity index (χ3n) is 4.10. The van der Waals surface area contributed by atoms with Crippen LogP contribution in [0.3, 0.4) is 0 Å². The van der Waals surface area contributed by atoms with Gasteiger partial charge in [0.2, 0.25) is 0 Å². The van der Waals surface area contributed by atoms with Crippen molar-refractivity contribution < 1.29 is 4.79 Å². The van der Waals surface area contributed by atoms with Crippen molar-refractivity contribution in [1.82, 2.24) is 0 Å². The van der Waals surface area contributed by atoms with Crippen LogP contribution >= 0.6 is 15.9 Å². The lowest BCUT2D eigenvalue weighted by Crippen LogP contribution is -2.13. The summed E-state index contributed by atoms with van der Waals surface area (Å²) in [5.74, 6) is 0.506. The third kappa shape index (κ3) is 3.01. The van der Waals surface area contributed by atoms with Crippen molar-refractivity contribution in [3.8, 4) is 0 Å². The fourth-order valence-corrected chi connectivity index (χ4v) is 3.61. The summed E-state index contributed by atoms with van der Waals surface area (Å²) in [5, 5.41) is 0. The molecule has 0 aromatic heterocycles. The van der Waals surface area contributed by atoms with Crippen LogP contribution in [-0.2, 0) is 4.79 Å². The van der Waals surface area contributed by atoms with Gasteiger partial charge < -0.3 is 0 Å². The van der Waals surface area contributed by atoms with Crippen LogP contribution < -0.4 is 0 Å². The lowest BCUT2D eigenvalue weighted by molar-refractivity contribution is -0.115. The molecule has 0 bridgehead atoms. The molecule has 106 valence electrons. The third-order valence-corrected chi connectivity index (χ3v) is 4.79. The topological polar surface area (TPSA) is 17.1 Å². The number of benzene rings is 2. The zero-order valence-electron chi connectivity index (χ0n) is 12.0. The van der Waals surface area contributed by atoms with E-state index in [9.17, 15) is 4.79 Å². The first-order valence-corrected chi connectivity index (χ1v) is 7.98. The number of halogens is 1. The Bertz CT molecular complexity index is 715. The smallest absolute Gasteiger partial charge is 0.156 e. The van der Waals surface area contributed by atoms with Crippen molar-refractivity contribution in [3.05, 3.63) is 75.8 Å². The molecule has 1 aliphatic carbocycles. The van der Waals surface area contributed by atoms with Crippen molar-refractivity contribution in [3.63, 3.8) is 0 Å². The predicted molar refractivity (Wildman–Crippen MR) is 90.3 cm³/mol. The van der Waals surface area contributed by atoms with Gasteiger partial charge in [-0.25, -0.2) is 0 Å². The minimum absolute atomic E-state index is 0.222. The van der Waals surface area contributed by atoms with Gasteiger partial charge >= 0.3 is 0 Å². The second-order valence-corrected chi connectivity index (χ2v) is 6.43. The maximum absolute atomic E-state index is 12.2. The number of rotatable bonds is 2. The van der Waals surface area contributed by atoms with Gasteiger partial charge in [-0.3, -0.25) is 4.79 Å². The highest BCUT2D eigenvalue weighted by atomic mass is 79.9. The van der Waals surface area contributed by atoms with Crippen LogP contribution in [0.1, 0.15) is 35.4 Å². The molecule has 3 rings (SSSR count). The van der Waals surface area contributed by atoms with Gasteiger partial charge in [-0.15, -0.1) is 0 Å². The quantitative estimate of drug-likeness (QED) is 0.726. The van der Waals surface area contributed by atoms with Crippen molar-refractivity contribution in [2.75, 3.05) is 0 Å². The van der Waals surface area contributed by atoms with Gasteiger partial charge in [-0.1, -0.05) is 58.4 Å². The van der Waals surface area contributed by atoms with Gasteiger partial charge in [0.15, 0.2) is 5.78 Å². The maximum atomic E-state index is 12.2. The van der Waals surface area contributed by atoms with E-state index in [1.807, 2.05) is 30.3 Å². The first-order valence-electron chi connectivity index (χ1n) is 7.19. The van der Waals surface area contributed by atoms with E-state index in [0.29, 0.717) is 6.42 Å². The average Bonchev–Trinajstić information content (AvgIpc) is 2.47. The van der Waals surface area contributed by atoms with Gasteiger partial charge in [-0.05, 0) is 53.7 Å². The van der Waals surface area contributed by atoms with Crippen LogP contribution in [-0.4, -0.2) is 5.78 Å². The van der Waals surface area contributed by atoms with Gasteiger partial charge in [0.1, 0.15) is 0 Å². The molecular weight excluding hydrogens is 324 g/mol. The number of allylic oxidation sites excluding steroid dienone is 2. The van der Waals surface area contributed by atoms with E-state index >= 15 is 0 Å². The van der Waals surface area contributed by atoms with Crippen LogP contribution in [0.25, 0.3) is 5.57 Å². The van der Waals surface area contributed by atoms with E-state index < -0.39 is 0 Å². The lowest BCUT2D eigenvalue weighted by atomic mass is 9.80. The maximum Gasteiger partial charge on any atom is 0.156 e. The largest absolute Gasteiger partial charge is 0.295 e. The molecule has 2 aromatic rings. The van der Waals surface area contributed by atoms with Crippen LogP contribution in [0, 0.1) is 6.92 Å². The summed E-state index contributed by atoms with van der Waals surface area (Å²) >= 11 is 3.59. The van der Waals surface area contributed by atoms with Gasteiger partial charge in [-0.2, -0.15) is 0 Å². The van der Waals surface area contributed by atoms with Crippen LogP contribution in [0.5, 0.6) is 0 Å². The molecule has 0 amide bonds. The minimum atomic E-state index is 0.222. The van der Waals surface area contributed by atoms with E-state index in [1.165, 1.54) is 11.1 Å². The second kappa shape index (κ2) is 5.98. The number of hydrogen-bond acceptors (Lipinski definition) is 1. The van der Waals surface area contributed by atoms with E-state index in [4.69, 9.17) is 0 Å². The molecule has 0 heterocycles. The summed E-state index contributed by atoms with van der Waals surface area (Å²) in [6.45, 7) is 2.12. The highest BCUT2D eigenvalue weighted by Gasteiger charge is 2.24. The molecule has 0 fully saturated rings. The molecule has 1 unspecified atom stereocenters. The Morgan fingerprint density at radius 2 is 1.71 bits per heavy atom. The molecule has 0 radical (unpaired) electrons. The molecule has 21 heavy (non-hydrogen) atoms. The number of carbonyl (C=O) groups is 1. The summed E-state index contributed by atoms with van der Waals surface area (Å²) in [4.78, 5) is 12.2. The van der Waals surface area contributed by atoms with Crippen molar-refractivity contribution in [2.24, 2.45) is 0 Å². The molecule has 2 aromatic carbocycles. The van der Waals surface area contributed by atoms with E-state index in [1.54, 1.807) is 0 Å². The first kappa shape index (κ1) is 14.3. The monoisotopic (exact) mass is 340 g/mol. The molecule has 1 atom stereocenters. The minimum Gasteiger partial charge on any atom is -0.295 e. The van der Waals surface area contributed by atoms with Crippen LogP contribution in [0.4, 0.5) is 0 Å². The lowest BCUT2D eigenvalue weighted by Gasteiger charge is -2.24. The summed E-state index contributed by atoms with van der Waals surface area (Å²) in [6, 6.07) is 16.5. The molecule has 1 aliphatic rings. The number of ketones is 1. The van der Waals surface area contributed by atoms with Crippen LogP contribution in [0.15, 0.2) is 59.1 Å². The molecule has 0 spiro atoms. The average molecular weight is 341 g/mol. The van der Waals surface area contributed by atoms with E-state index in [0.717, 1.165) is 22.0 Å². The summed E-state index contributed by atoms with van der Waals surface area (Å²) < 4.78 is 1.05. The first-order chi connectivity index (χ1) is 10.1. The normalized spacial score (nSPS) is 18.5. The molecule has 0 saturated carbocycles. The highest BCUT2D eigenvalue weighted by Crippen LogP contribution is 2.38. The summed E-state index contributed by atoms with van der Waals surface area (Å²) in [5.41, 5.74) is 4.82. The molecule has 2 heteroatoms. The van der Waals surface area contributed by atoms with Crippen molar-refractivity contribution in [2.45, 2.75) is 25.7 Å². The molecular formula is C19H17BrO. The van der Waals surface area contributed by atoms with E-state index in [2.05, 4.69) is 47.1 Å². The Morgan fingerprint density at radius 1 is 1.00 bits per heavy atom. The Kier molecular flexibility index (Phi) is 4.07. The van der Waals surface area contributed by atoms with Crippen molar-refractivity contribution >= 4 is 27.3 Å². The number of hydrogen-bond donors (Lipinski definition) is 0. The Labute approximate surface area is 133 Å². The van der Waals surface area contributed by atoms with Crippen LogP contribution in [0.2, 0.25) is 0 Å². The Balaban J connectivity index is 1.97. The second-order valence-electron chi connectivity index (χ2n) is 5.58. The number of aryl methyl sites for hydroxylation is 1. The van der Waals surface area contributed by atoms with E-state index in [-0.39, 0.29) is 11.7 Å². The molecule has 0 saturated heterocycles.